The van der Waals surface area contributed by atoms with Crippen LogP contribution in [0, 0.1) is 6.92 Å². The molecule has 2 saturated heterocycles. The minimum atomic E-state index is -3.62. The third-order valence-electron chi connectivity index (χ3n) is 5.85. The molecule has 1 aromatic carbocycles. The summed E-state index contributed by atoms with van der Waals surface area (Å²) in [4.78, 5) is 21.3. The van der Waals surface area contributed by atoms with E-state index in [0.717, 1.165) is 25.3 Å². The summed E-state index contributed by atoms with van der Waals surface area (Å²) in [5, 5.41) is 0. The average Bonchev–Trinajstić information content (AvgIpc) is 3.23. The van der Waals surface area contributed by atoms with E-state index in [1.807, 2.05) is 25.1 Å². The van der Waals surface area contributed by atoms with Crippen molar-refractivity contribution in [1.82, 2.24) is 19.1 Å². The van der Waals surface area contributed by atoms with Gasteiger partial charge in [-0.25, -0.2) is 13.4 Å². The first-order chi connectivity index (χ1) is 14.4. The smallest absolute Gasteiger partial charge is 0.272 e. The fourth-order valence-corrected chi connectivity index (χ4v) is 5.72. The Morgan fingerprint density at radius 3 is 2.43 bits per heavy atom. The molecule has 0 radical (unpaired) electrons. The molecule has 1 amide bonds. The Labute approximate surface area is 178 Å². The fourth-order valence-electron chi connectivity index (χ4n) is 4.10. The van der Waals surface area contributed by atoms with Crippen molar-refractivity contribution in [1.29, 1.82) is 0 Å². The van der Waals surface area contributed by atoms with Crippen molar-refractivity contribution in [3.63, 3.8) is 0 Å². The molecule has 0 bridgehead atoms. The molecule has 1 aromatic heterocycles. The van der Waals surface area contributed by atoms with Crippen molar-refractivity contribution in [2.75, 3.05) is 39.3 Å². The van der Waals surface area contributed by atoms with Gasteiger partial charge in [-0.1, -0.05) is 24.3 Å². The summed E-state index contributed by atoms with van der Waals surface area (Å²) in [6.45, 7) is 5.83. The molecule has 2 fully saturated rings. The Morgan fingerprint density at radius 2 is 1.77 bits per heavy atom. The number of carbonyl (C=O) groups excluding carboxylic acids is 1. The summed E-state index contributed by atoms with van der Waals surface area (Å²) in [5.41, 5.74) is 1.19. The number of carbonyl (C=O) groups is 1. The number of aromatic nitrogens is 1. The van der Waals surface area contributed by atoms with Crippen LogP contribution < -0.4 is 0 Å². The van der Waals surface area contributed by atoms with Crippen LogP contribution in [0.4, 0.5) is 0 Å². The molecule has 0 unspecified atom stereocenters. The molecular formula is C22H28N4O3S. The molecule has 2 aliphatic heterocycles. The van der Waals surface area contributed by atoms with Crippen molar-refractivity contribution >= 4 is 15.9 Å². The zero-order valence-corrected chi connectivity index (χ0v) is 18.1. The molecule has 4 rings (SSSR count). The minimum Gasteiger partial charge on any atom is -0.334 e. The zero-order chi connectivity index (χ0) is 21.1. The van der Waals surface area contributed by atoms with Gasteiger partial charge in [-0.05, 0) is 57.1 Å². The monoisotopic (exact) mass is 428 g/mol. The summed E-state index contributed by atoms with van der Waals surface area (Å²) in [6.07, 6.45) is 2.33. The number of rotatable bonds is 7. The van der Waals surface area contributed by atoms with Crippen molar-refractivity contribution in [2.45, 2.75) is 30.7 Å². The highest BCUT2D eigenvalue weighted by Crippen LogP contribution is 2.25. The Balaban J connectivity index is 1.48. The van der Waals surface area contributed by atoms with E-state index in [1.165, 1.54) is 12.8 Å². The van der Waals surface area contributed by atoms with Crippen molar-refractivity contribution in [3.05, 3.63) is 59.9 Å². The maximum atomic E-state index is 13.4. The van der Waals surface area contributed by atoms with E-state index in [0.29, 0.717) is 30.2 Å². The topological polar surface area (TPSA) is 73.8 Å². The molecule has 30 heavy (non-hydrogen) atoms. The van der Waals surface area contributed by atoms with Gasteiger partial charge in [0, 0.05) is 31.9 Å². The predicted molar refractivity (Wildman–Crippen MR) is 115 cm³/mol. The maximum absolute atomic E-state index is 13.4. The van der Waals surface area contributed by atoms with Gasteiger partial charge in [0.1, 0.15) is 5.69 Å². The summed E-state index contributed by atoms with van der Waals surface area (Å²) in [6, 6.07) is 13.7. The first-order valence-electron chi connectivity index (χ1n) is 10.5. The first-order valence-corrected chi connectivity index (χ1v) is 11.9. The molecule has 160 valence electrons. The van der Waals surface area contributed by atoms with E-state index in [4.69, 9.17) is 0 Å². The number of nitrogens with zero attached hydrogens (tertiary/aromatic N) is 4. The lowest BCUT2D eigenvalue weighted by atomic mass is 10.1. The Morgan fingerprint density at radius 1 is 1.07 bits per heavy atom. The minimum absolute atomic E-state index is 0.147. The van der Waals surface area contributed by atoms with Crippen LogP contribution >= 0.6 is 0 Å². The van der Waals surface area contributed by atoms with Crippen LogP contribution in [-0.2, 0) is 10.0 Å². The number of hydrogen-bond donors (Lipinski definition) is 0. The summed E-state index contributed by atoms with van der Waals surface area (Å²) >= 11 is 0. The lowest BCUT2D eigenvalue weighted by Gasteiger charge is -2.44. The molecule has 0 atom stereocenters. The molecule has 0 saturated carbocycles. The van der Waals surface area contributed by atoms with Gasteiger partial charge >= 0.3 is 0 Å². The number of amides is 1. The van der Waals surface area contributed by atoms with E-state index in [9.17, 15) is 13.2 Å². The highest BCUT2D eigenvalue weighted by atomic mass is 32.2. The largest absolute Gasteiger partial charge is 0.334 e. The second-order valence-electron chi connectivity index (χ2n) is 8.01. The van der Waals surface area contributed by atoms with Gasteiger partial charge in [0.25, 0.3) is 5.91 Å². The summed E-state index contributed by atoms with van der Waals surface area (Å²) in [5.74, 6) is -0.147. The van der Waals surface area contributed by atoms with Crippen LogP contribution in [0.2, 0.25) is 0 Å². The van der Waals surface area contributed by atoms with E-state index < -0.39 is 10.0 Å². The van der Waals surface area contributed by atoms with Crippen LogP contribution in [-0.4, -0.2) is 78.7 Å². The molecule has 2 aromatic rings. The number of aryl methyl sites for hydroxylation is 1. The molecule has 0 N–H and O–H groups in total. The highest BCUT2D eigenvalue weighted by Gasteiger charge is 2.41. The summed E-state index contributed by atoms with van der Waals surface area (Å²) < 4.78 is 28.3. The van der Waals surface area contributed by atoms with Crippen molar-refractivity contribution in [3.8, 4) is 0 Å². The average molecular weight is 429 g/mol. The Kier molecular flexibility index (Phi) is 6.17. The van der Waals surface area contributed by atoms with Gasteiger partial charge < -0.3 is 9.80 Å². The van der Waals surface area contributed by atoms with E-state index in [-0.39, 0.29) is 11.9 Å². The second-order valence-corrected chi connectivity index (χ2v) is 9.90. The SMILES string of the molecule is Cc1cccc(C(=O)N2CC(N(CCN3CCCC3)S(=O)(=O)c3ccccc3)C2)n1. The van der Waals surface area contributed by atoms with Crippen LogP contribution in [0.15, 0.2) is 53.4 Å². The molecule has 3 heterocycles. The van der Waals surface area contributed by atoms with Crippen LogP contribution in [0.5, 0.6) is 0 Å². The predicted octanol–water partition coefficient (Wildman–Crippen LogP) is 2.00. The molecule has 0 spiro atoms. The third kappa shape index (κ3) is 4.40. The van der Waals surface area contributed by atoms with Gasteiger partial charge in [0.15, 0.2) is 0 Å². The maximum Gasteiger partial charge on any atom is 0.272 e. The zero-order valence-electron chi connectivity index (χ0n) is 17.3. The normalized spacial score (nSPS) is 18.0. The van der Waals surface area contributed by atoms with Crippen LogP contribution in [0.1, 0.15) is 29.0 Å². The number of likely N-dealkylation sites (tertiary alicyclic amines) is 2. The number of pyridine rings is 1. The number of sulfonamides is 1. The first kappa shape index (κ1) is 21.0. The highest BCUT2D eigenvalue weighted by molar-refractivity contribution is 7.89. The molecular weight excluding hydrogens is 400 g/mol. The molecule has 8 heteroatoms. The number of hydrogen-bond acceptors (Lipinski definition) is 5. The number of benzene rings is 1. The Bertz CT molecular complexity index is 984. The lowest BCUT2D eigenvalue weighted by molar-refractivity contribution is 0.0436. The van der Waals surface area contributed by atoms with Crippen LogP contribution in [0.25, 0.3) is 0 Å². The quantitative estimate of drug-likeness (QED) is 0.674. The lowest BCUT2D eigenvalue weighted by Crippen LogP contribution is -2.63. The third-order valence-corrected chi connectivity index (χ3v) is 7.82. The standard InChI is InChI=1S/C22H28N4O3S/c1-18-8-7-11-21(23-18)22(27)25-16-19(17-25)26(15-14-24-12-5-6-13-24)30(28,29)20-9-3-2-4-10-20/h2-4,7-11,19H,5-6,12-17H2,1H3. The molecule has 0 aliphatic carbocycles. The fraction of sp³-hybridized carbons (Fsp3) is 0.455. The molecule has 2 aliphatic rings. The van der Waals surface area contributed by atoms with Gasteiger partial charge in [-0.2, -0.15) is 4.31 Å². The van der Waals surface area contributed by atoms with Crippen molar-refractivity contribution < 1.29 is 13.2 Å². The van der Waals surface area contributed by atoms with Crippen LogP contribution in [0.3, 0.4) is 0 Å². The second kappa shape index (κ2) is 8.83. The van der Waals surface area contributed by atoms with E-state index in [2.05, 4.69) is 9.88 Å². The van der Waals surface area contributed by atoms with Crippen molar-refractivity contribution in [2.24, 2.45) is 0 Å². The van der Waals surface area contributed by atoms with E-state index >= 15 is 0 Å². The van der Waals surface area contributed by atoms with Gasteiger partial charge in [-0.3, -0.25) is 4.79 Å². The van der Waals surface area contributed by atoms with E-state index in [1.54, 1.807) is 39.5 Å². The Hall–Kier alpha value is -2.29. The van der Waals surface area contributed by atoms with Gasteiger partial charge in [0.2, 0.25) is 10.0 Å². The summed E-state index contributed by atoms with van der Waals surface area (Å²) in [7, 11) is -3.62. The van der Waals surface area contributed by atoms with Gasteiger partial charge in [-0.15, -0.1) is 0 Å². The van der Waals surface area contributed by atoms with Gasteiger partial charge in [0.05, 0.1) is 10.9 Å². The molecule has 7 nitrogen and oxygen atoms in total.